The van der Waals surface area contributed by atoms with Gasteiger partial charge in [0.1, 0.15) is 11.8 Å². The second-order valence-corrected chi connectivity index (χ2v) is 10.1. The van der Waals surface area contributed by atoms with Crippen LogP contribution in [0.15, 0.2) is 67.3 Å². The number of allylic oxidation sites excluding steroid dienone is 2. The van der Waals surface area contributed by atoms with E-state index in [-0.39, 0.29) is 5.69 Å². The number of aryl methyl sites for hydroxylation is 2. The summed E-state index contributed by atoms with van der Waals surface area (Å²) in [4.78, 5) is 37.9. The third kappa shape index (κ3) is 7.88. The third-order valence-electron chi connectivity index (χ3n) is 6.39. The Bertz CT molecular complexity index is 1430. The number of nitrogens with one attached hydrogen (secondary N) is 2. The SMILES string of the molecule is C=C/C=C(/c1ccc(C)c(OC)c1)n1nc(C(=O)Nc2ccc(C(=O)NC(CCSC)C(=O)OC)cc2)cc1CC. The average Bonchev–Trinajstić information content (AvgIpc) is 3.42. The van der Waals surface area contributed by atoms with Crippen molar-refractivity contribution in [1.82, 2.24) is 15.1 Å². The maximum absolute atomic E-state index is 13.2. The lowest BCUT2D eigenvalue weighted by Crippen LogP contribution is -2.41. The molecular weight excluding hydrogens is 540 g/mol. The van der Waals surface area contributed by atoms with Crippen LogP contribution in [0.5, 0.6) is 5.75 Å². The molecule has 1 aromatic heterocycles. The number of methoxy groups -OCH3 is 2. The van der Waals surface area contributed by atoms with Crippen LogP contribution in [0.25, 0.3) is 5.70 Å². The Morgan fingerprint density at radius 2 is 1.78 bits per heavy atom. The molecule has 0 aliphatic heterocycles. The number of carbonyl (C=O) groups excluding carboxylic acids is 3. The molecule has 2 N–H and O–H groups in total. The van der Waals surface area contributed by atoms with Crippen molar-refractivity contribution in [2.45, 2.75) is 32.7 Å². The van der Waals surface area contributed by atoms with Crippen LogP contribution in [0.1, 0.15) is 51.0 Å². The smallest absolute Gasteiger partial charge is 0.328 e. The Balaban J connectivity index is 1.78. The molecule has 0 radical (unpaired) electrons. The Morgan fingerprint density at radius 1 is 1.07 bits per heavy atom. The maximum atomic E-state index is 13.2. The minimum absolute atomic E-state index is 0.243. The van der Waals surface area contributed by atoms with E-state index in [1.165, 1.54) is 7.11 Å². The summed E-state index contributed by atoms with van der Waals surface area (Å²) in [5, 5.41) is 10.2. The lowest BCUT2D eigenvalue weighted by Gasteiger charge is -2.16. The quantitative estimate of drug-likeness (QED) is 0.215. The number of anilines is 1. The maximum Gasteiger partial charge on any atom is 0.328 e. The largest absolute Gasteiger partial charge is 0.496 e. The molecule has 3 aromatic rings. The molecule has 216 valence electrons. The van der Waals surface area contributed by atoms with Gasteiger partial charge in [0, 0.05) is 22.5 Å². The summed E-state index contributed by atoms with van der Waals surface area (Å²) in [5.41, 5.74) is 4.57. The Kier molecular flexibility index (Phi) is 11.3. The first-order valence-corrected chi connectivity index (χ1v) is 14.5. The number of carbonyl (C=O) groups is 3. The van der Waals surface area contributed by atoms with Gasteiger partial charge in [-0.25, -0.2) is 9.48 Å². The summed E-state index contributed by atoms with van der Waals surface area (Å²) < 4.78 is 12.0. The molecule has 0 saturated carbocycles. The molecule has 2 amide bonds. The molecule has 3 rings (SSSR count). The van der Waals surface area contributed by atoms with Crippen LogP contribution in [-0.4, -0.2) is 59.8 Å². The standard InChI is InChI=1S/C31H36N4O5S/c1-7-9-27(22-11-10-20(3)28(18-22)39-4)35-24(8-2)19-26(34-35)30(37)32-23-14-12-21(13-15-23)29(36)33-25(16-17-41-6)31(38)40-5/h7,9-15,18-19,25H,1,8,16-17H2,2-6H3,(H,32,37)(H,33,36)/b27-9-. The number of hydrogen-bond acceptors (Lipinski definition) is 7. The van der Waals surface area contributed by atoms with Crippen molar-refractivity contribution in [2.75, 3.05) is 31.5 Å². The van der Waals surface area contributed by atoms with E-state index < -0.39 is 23.8 Å². The van der Waals surface area contributed by atoms with Gasteiger partial charge in [0.15, 0.2) is 5.69 Å². The molecule has 0 aliphatic rings. The summed E-state index contributed by atoms with van der Waals surface area (Å²) in [6.45, 7) is 7.81. The summed E-state index contributed by atoms with van der Waals surface area (Å²) in [6.07, 6.45) is 6.55. The van der Waals surface area contributed by atoms with Gasteiger partial charge in [-0.15, -0.1) is 0 Å². The van der Waals surface area contributed by atoms with Gasteiger partial charge in [-0.2, -0.15) is 16.9 Å². The van der Waals surface area contributed by atoms with Crippen molar-refractivity contribution in [3.63, 3.8) is 0 Å². The zero-order valence-electron chi connectivity index (χ0n) is 24.0. The van der Waals surface area contributed by atoms with Crippen molar-refractivity contribution in [1.29, 1.82) is 0 Å². The topological polar surface area (TPSA) is 112 Å². The van der Waals surface area contributed by atoms with Crippen LogP contribution in [-0.2, 0) is 16.0 Å². The predicted octanol–water partition coefficient (Wildman–Crippen LogP) is 5.11. The van der Waals surface area contributed by atoms with Crippen molar-refractivity contribution < 1.29 is 23.9 Å². The van der Waals surface area contributed by atoms with Crippen molar-refractivity contribution in [3.05, 3.63) is 95.3 Å². The summed E-state index contributed by atoms with van der Waals surface area (Å²) in [6, 6.07) is 13.3. The van der Waals surface area contributed by atoms with E-state index in [4.69, 9.17) is 9.47 Å². The van der Waals surface area contributed by atoms with Crippen LogP contribution < -0.4 is 15.4 Å². The molecule has 0 bridgehead atoms. The molecule has 0 aliphatic carbocycles. The van der Waals surface area contributed by atoms with Crippen molar-refractivity contribution in [2.24, 2.45) is 0 Å². The van der Waals surface area contributed by atoms with E-state index in [9.17, 15) is 14.4 Å². The number of amides is 2. The fraction of sp³-hybridized carbons (Fsp3) is 0.290. The van der Waals surface area contributed by atoms with Crippen LogP contribution in [0.2, 0.25) is 0 Å². The minimum atomic E-state index is -0.733. The molecule has 0 fully saturated rings. The first-order valence-electron chi connectivity index (χ1n) is 13.1. The highest BCUT2D eigenvalue weighted by atomic mass is 32.2. The number of esters is 1. The molecule has 1 atom stereocenters. The van der Waals surface area contributed by atoms with E-state index in [1.807, 2.05) is 44.4 Å². The van der Waals surface area contributed by atoms with Gasteiger partial charge in [0.05, 0.1) is 19.9 Å². The highest BCUT2D eigenvalue weighted by molar-refractivity contribution is 7.98. The zero-order chi connectivity index (χ0) is 29.9. The first-order chi connectivity index (χ1) is 19.8. The highest BCUT2D eigenvalue weighted by Gasteiger charge is 2.22. The van der Waals surface area contributed by atoms with Crippen LogP contribution in [0, 0.1) is 6.92 Å². The van der Waals surface area contributed by atoms with E-state index in [2.05, 4.69) is 22.3 Å². The lowest BCUT2D eigenvalue weighted by atomic mass is 10.1. The van der Waals surface area contributed by atoms with Gasteiger partial charge < -0.3 is 20.1 Å². The molecular formula is C31H36N4O5S. The Hall–Kier alpha value is -4.31. The molecule has 10 heteroatoms. The second-order valence-electron chi connectivity index (χ2n) is 9.12. The fourth-order valence-electron chi connectivity index (χ4n) is 4.14. The highest BCUT2D eigenvalue weighted by Crippen LogP contribution is 2.26. The Morgan fingerprint density at radius 3 is 2.39 bits per heavy atom. The minimum Gasteiger partial charge on any atom is -0.496 e. The zero-order valence-corrected chi connectivity index (χ0v) is 24.8. The van der Waals surface area contributed by atoms with Crippen LogP contribution >= 0.6 is 11.8 Å². The van der Waals surface area contributed by atoms with E-state index in [1.54, 1.807) is 60.0 Å². The number of hydrogen-bond donors (Lipinski definition) is 2. The second kappa shape index (κ2) is 14.9. The normalized spacial score (nSPS) is 11.9. The van der Waals surface area contributed by atoms with Gasteiger partial charge in [-0.3, -0.25) is 9.59 Å². The average molecular weight is 577 g/mol. The number of benzene rings is 2. The van der Waals surface area contributed by atoms with Gasteiger partial charge >= 0.3 is 5.97 Å². The number of aromatic nitrogens is 2. The molecule has 0 spiro atoms. The van der Waals surface area contributed by atoms with E-state index in [0.717, 1.165) is 28.3 Å². The third-order valence-corrected chi connectivity index (χ3v) is 7.04. The fourth-order valence-corrected chi connectivity index (χ4v) is 4.61. The Labute approximate surface area is 245 Å². The molecule has 41 heavy (non-hydrogen) atoms. The van der Waals surface area contributed by atoms with Gasteiger partial charge in [-0.1, -0.05) is 31.7 Å². The van der Waals surface area contributed by atoms with Crippen molar-refractivity contribution >= 4 is 40.9 Å². The van der Waals surface area contributed by atoms with E-state index >= 15 is 0 Å². The summed E-state index contributed by atoms with van der Waals surface area (Å²) in [5.74, 6) is 0.163. The number of ether oxygens (including phenoxy) is 2. The van der Waals surface area contributed by atoms with Crippen LogP contribution in [0.3, 0.4) is 0 Å². The first kappa shape index (κ1) is 31.2. The number of rotatable bonds is 13. The van der Waals surface area contributed by atoms with Gasteiger partial charge in [-0.05, 0) is 79.8 Å². The summed E-state index contributed by atoms with van der Waals surface area (Å²) >= 11 is 1.58. The molecule has 0 saturated heterocycles. The summed E-state index contributed by atoms with van der Waals surface area (Å²) in [7, 11) is 2.92. The molecule has 1 heterocycles. The predicted molar refractivity (Wildman–Crippen MR) is 164 cm³/mol. The van der Waals surface area contributed by atoms with Gasteiger partial charge in [0.2, 0.25) is 0 Å². The van der Waals surface area contributed by atoms with Crippen LogP contribution in [0.4, 0.5) is 5.69 Å². The molecule has 1 unspecified atom stereocenters. The lowest BCUT2D eigenvalue weighted by molar-refractivity contribution is -0.142. The van der Waals surface area contributed by atoms with Gasteiger partial charge in [0.25, 0.3) is 11.8 Å². The van der Waals surface area contributed by atoms with Crippen molar-refractivity contribution in [3.8, 4) is 5.75 Å². The van der Waals surface area contributed by atoms with E-state index in [0.29, 0.717) is 29.8 Å². The molecule has 9 nitrogen and oxygen atoms in total. The monoisotopic (exact) mass is 576 g/mol. The number of thioether (sulfide) groups is 1. The molecule has 2 aromatic carbocycles. The number of nitrogens with zero attached hydrogens (tertiary/aromatic N) is 2.